The molecule has 1 aliphatic rings. The zero-order chi connectivity index (χ0) is 9.97. The molecule has 1 aliphatic heterocycles. The summed E-state index contributed by atoms with van der Waals surface area (Å²) in [6.45, 7) is 0.917. The first-order valence-corrected chi connectivity index (χ1v) is 4.24. The fraction of sp³-hybridized carbons (Fsp3) is 0.300. The van der Waals surface area contributed by atoms with Crippen molar-refractivity contribution in [1.82, 2.24) is 0 Å². The molecule has 0 saturated heterocycles. The molecule has 0 aromatic carbocycles. The molecular formula is C10H10O4. The van der Waals surface area contributed by atoms with E-state index in [-0.39, 0.29) is 0 Å². The minimum Gasteiger partial charge on any atom is -0.466 e. The van der Waals surface area contributed by atoms with E-state index in [1.165, 1.54) is 13.2 Å². The number of rotatable bonds is 1. The van der Waals surface area contributed by atoms with Crippen LogP contribution in [0.15, 0.2) is 22.8 Å². The zero-order valence-corrected chi connectivity index (χ0v) is 7.78. The smallest absolute Gasteiger partial charge is 0.330 e. The van der Waals surface area contributed by atoms with Gasteiger partial charge in [-0.15, -0.1) is 0 Å². The number of carbonyl (C=O) groups is 1. The quantitative estimate of drug-likeness (QED) is 0.500. The van der Waals surface area contributed by atoms with Crippen LogP contribution in [0.1, 0.15) is 11.3 Å². The highest BCUT2D eigenvalue weighted by Gasteiger charge is 2.18. The minimum atomic E-state index is -0.396. The number of methoxy groups -OCH3 is 1. The molecule has 0 saturated carbocycles. The average Bonchev–Trinajstić information content (AvgIpc) is 2.66. The van der Waals surface area contributed by atoms with Crippen molar-refractivity contribution in [2.75, 3.05) is 13.7 Å². The molecule has 1 aromatic rings. The lowest BCUT2D eigenvalue weighted by molar-refractivity contribution is -0.134. The third-order valence-corrected chi connectivity index (χ3v) is 2.05. The maximum atomic E-state index is 11.0. The number of hydrogen-bond acceptors (Lipinski definition) is 4. The van der Waals surface area contributed by atoms with Gasteiger partial charge in [0.15, 0.2) is 0 Å². The van der Waals surface area contributed by atoms with Crippen molar-refractivity contribution in [2.45, 2.75) is 6.61 Å². The average molecular weight is 194 g/mol. The first-order valence-electron chi connectivity index (χ1n) is 4.24. The number of hydrogen-bond donors (Lipinski definition) is 0. The summed E-state index contributed by atoms with van der Waals surface area (Å²) >= 11 is 0. The number of carbonyl (C=O) groups excluding carboxylic acids is 1. The number of furan rings is 1. The number of esters is 1. The molecule has 74 valence electrons. The van der Waals surface area contributed by atoms with Crippen LogP contribution in [-0.2, 0) is 20.9 Å². The van der Waals surface area contributed by atoms with Crippen molar-refractivity contribution in [2.24, 2.45) is 0 Å². The third kappa shape index (κ3) is 1.56. The van der Waals surface area contributed by atoms with E-state index in [4.69, 9.17) is 9.15 Å². The Kier molecular flexibility index (Phi) is 2.37. The molecule has 1 aromatic heterocycles. The Hall–Kier alpha value is -1.55. The molecule has 0 radical (unpaired) electrons. The Morgan fingerprint density at radius 1 is 1.57 bits per heavy atom. The molecule has 2 heterocycles. The number of fused-ring (bicyclic) bond motifs is 1. The Morgan fingerprint density at radius 3 is 3.21 bits per heavy atom. The van der Waals surface area contributed by atoms with Crippen molar-refractivity contribution in [3.05, 3.63) is 29.7 Å². The van der Waals surface area contributed by atoms with Crippen LogP contribution in [0.3, 0.4) is 0 Å². The Bertz CT molecular complexity index is 375. The SMILES string of the molecule is COC(=O)/C=C1\COCc2ccoc21. The molecule has 0 aliphatic carbocycles. The summed E-state index contributed by atoms with van der Waals surface area (Å²) in [7, 11) is 1.34. The van der Waals surface area contributed by atoms with Crippen molar-refractivity contribution in [3.63, 3.8) is 0 Å². The van der Waals surface area contributed by atoms with Gasteiger partial charge in [0.25, 0.3) is 0 Å². The van der Waals surface area contributed by atoms with E-state index in [0.717, 1.165) is 16.9 Å². The topological polar surface area (TPSA) is 48.7 Å². The van der Waals surface area contributed by atoms with Gasteiger partial charge in [-0.1, -0.05) is 0 Å². The summed E-state index contributed by atoms with van der Waals surface area (Å²) in [6, 6.07) is 1.83. The first-order chi connectivity index (χ1) is 6.81. The van der Waals surface area contributed by atoms with Gasteiger partial charge < -0.3 is 13.9 Å². The summed E-state index contributed by atoms with van der Waals surface area (Å²) < 4.78 is 15.1. The molecule has 0 atom stereocenters. The fourth-order valence-electron chi connectivity index (χ4n) is 1.38. The van der Waals surface area contributed by atoms with E-state index in [1.807, 2.05) is 6.07 Å². The van der Waals surface area contributed by atoms with Gasteiger partial charge in [-0.2, -0.15) is 0 Å². The summed E-state index contributed by atoms with van der Waals surface area (Å²) in [4.78, 5) is 11.0. The standard InChI is InChI=1S/C10H10O4/c1-12-9(11)4-8-6-13-5-7-2-3-14-10(7)8/h2-4H,5-6H2,1H3/b8-4+. The first kappa shape index (κ1) is 9.02. The lowest BCUT2D eigenvalue weighted by Gasteiger charge is -2.13. The van der Waals surface area contributed by atoms with Gasteiger partial charge in [0.2, 0.25) is 0 Å². The molecular weight excluding hydrogens is 184 g/mol. The second-order valence-electron chi connectivity index (χ2n) is 2.96. The fourth-order valence-corrected chi connectivity index (χ4v) is 1.38. The second-order valence-corrected chi connectivity index (χ2v) is 2.96. The van der Waals surface area contributed by atoms with Crippen LogP contribution in [0.5, 0.6) is 0 Å². The Labute approximate surface area is 81.1 Å². The van der Waals surface area contributed by atoms with Crippen LogP contribution in [0.4, 0.5) is 0 Å². The predicted molar refractivity (Wildman–Crippen MR) is 48.4 cm³/mol. The van der Waals surface area contributed by atoms with Gasteiger partial charge in [0.05, 0.1) is 26.6 Å². The van der Waals surface area contributed by atoms with Gasteiger partial charge in [-0.3, -0.25) is 0 Å². The molecule has 0 amide bonds. The molecule has 0 unspecified atom stereocenters. The summed E-state index contributed by atoms with van der Waals surface area (Å²) in [5, 5.41) is 0. The lowest BCUT2D eigenvalue weighted by Crippen LogP contribution is -2.08. The molecule has 0 bridgehead atoms. The molecule has 4 heteroatoms. The highest BCUT2D eigenvalue weighted by Crippen LogP contribution is 2.26. The molecule has 0 fully saturated rings. The third-order valence-electron chi connectivity index (χ3n) is 2.05. The van der Waals surface area contributed by atoms with E-state index in [0.29, 0.717) is 13.2 Å². The van der Waals surface area contributed by atoms with Crippen molar-refractivity contribution in [1.29, 1.82) is 0 Å². The van der Waals surface area contributed by atoms with Crippen LogP contribution < -0.4 is 0 Å². The van der Waals surface area contributed by atoms with Gasteiger partial charge in [-0.05, 0) is 6.07 Å². The monoisotopic (exact) mass is 194 g/mol. The lowest BCUT2D eigenvalue weighted by atomic mass is 10.1. The van der Waals surface area contributed by atoms with Crippen molar-refractivity contribution >= 4 is 11.5 Å². The van der Waals surface area contributed by atoms with Crippen LogP contribution >= 0.6 is 0 Å². The van der Waals surface area contributed by atoms with Gasteiger partial charge in [0, 0.05) is 17.2 Å². The van der Waals surface area contributed by atoms with E-state index < -0.39 is 5.97 Å². The van der Waals surface area contributed by atoms with Crippen LogP contribution in [0.2, 0.25) is 0 Å². The van der Waals surface area contributed by atoms with E-state index >= 15 is 0 Å². The molecule has 2 rings (SSSR count). The summed E-state index contributed by atoms with van der Waals surface area (Å²) in [6.07, 6.45) is 2.98. The second kappa shape index (κ2) is 3.67. The van der Waals surface area contributed by atoms with Crippen molar-refractivity contribution < 1.29 is 18.7 Å². The minimum absolute atomic E-state index is 0.385. The van der Waals surface area contributed by atoms with Gasteiger partial charge in [-0.25, -0.2) is 4.79 Å². The van der Waals surface area contributed by atoms with E-state index in [9.17, 15) is 4.79 Å². The zero-order valence-electron chi connectivity index (χ0n) is 7.78. The molecule has 0 spiro atoms. The molecule has 14 heavy (non-hydrogen) atoms. The summed E-state index contributed by atoms with van der Waals surface area (Å²) in [5.74, 6) is 0.328. The largest absolute Gasteiger partial charge is 0.466 e. The normalized spacial score (nSPS) is 17.9. The van der Waals surface area contributed by atoms with Crippen LogP contribution in [-0.4, -0.2) is 19.7 Å². The maximum Gasteiger partial charge on any atom is 0.330 e. The van der Waals surface area contributed by atoms with Gasteiger partial charge >= 0.3 is 5.97 Å². The molecule has 0 N–H and O–H groups in total. The van der Waals surface area contributed by atoms with Gasteiger partial charge in [0.1, 0.15) is 5.76 Å². The molecule has 4 nitrogen and oxygen atoms in total. The number of ether oxygens (including phenoxy) is 2. The summed E-state index contributed by atoms with van der Waals surface area (Å²) in [5.41, 5.74) is 1.69. The predicted octanol–water partition coefficient (Wildman–Crippen LogP) is 1.37. The van der Waals surface area contributed by atoms with Crippen molar-refractivity contribution in [3.8, 4) is 0 Å². The Morgan fingerprint density at radius 2 is 2.43 bits per heavy atom. The maximum absolute atomic E-state index is 11.0. The highest BCUT2D eigenvalue weighted by molar-refractivity contribution is 5.91. The highest BCUT2D eigenvalue weighted by atomic mass is 16.5. The Balaban J connectivity index is 2.32. The van der Waals surface area contributed by atoms with Crippen LogP contribution in [0, 0.1) is 0 Å². The van der Waals surface area contributed by atoms with Crippen LogP contribution in [0.25, 0.3) is 5.57 Å². The van der Waals surface area contributed by atoms with E-state index in [2.05, 4.69) is 4.74 Å². The van der Waals surface area contributed by atoms with E-state index in [1.54, 1.807) is 6.26 Å².